The van der Waals surface area contributed by atoms with Gasteiger partial charge < -0.3 is 0 Å². The molecule has 88 valence electrons. The Bertz CT molecular complexity index is 759. The van der Waals surface area contributed by atoms with Gasteiger partial charge in [-0.05, 0) is 24.1 Å². The van der Waals surface area contributed by atoms with Crippen LogP contribution in [0.2, 0.25) is 0 Å². The van der Waals surface area contributed by atoms with E-state index >= 15 is 0 Å². The number of hydrogen-bond donors (Lipinski definition) is 0. The third-order valence-corrected chi connectivity index (χ3v) is 4.42. The van der Waals surface area contributed by atoms with E-state index in [1.54, 1.807) is 0 Å². The minimum atomic E-state index is 1.27. The van der Waals surface area contributed by atoms with Gasteiger partial charge in [0.25, 0.3) is 0 Å². The van der Waals surface area contributed by atoms with Crippen molar-refractivity contribution in [1.29, 1.82) is 0 Å². The van der Waals surface area contributed by atoms with Gasteiger partial charge in [-0.1, -0.05) is 55.1 Å². The summed E-state index contributed by atoms with van der Waals surface area (Å²) in [5.41, 5.74) is 2.58. The third-order valence-electron chi connectivity index (χ3n) is 3.20. The van der Waals surface area contributed by atoms with E-state index in [9.17, 15) is 0 Å². The monoisotopic (exact) mass is 250 g/mol. The molecule has 0 unspecified atom stereocenters. The van der Waals surface area contributed by atoms with Gasteiger partial charge in [-0.25, -0.2) is 0 Å². The van der Waals surface area contributed by atoms with Gasteiger partial charge >= 0.3 is 0 Å². The summed E-state index contributed by atoms with van der Waals surface area (Å²) in [6, 6.07) is 15.1. The summed E-state index contributed by atoms with van der Waals surface area (Å²) < 4.78 is 2.72. The van der Waals surface area contributed by atoms with Crippen molar-refractivity contribution in [2.45, 2.75) is 6.92 Å². The first-order valence-corrected chi connectivity index (χ1v) is 6.83. The second-order valence-electron chi connectivity index (χ2n) is 4.37. The highest BCUT2D eigenvalue weighted by atomic mass is 32.1. The minimum absolute atomic E-state index is 1.27. The Kier molecular flexibility index (Phi) is 2.77. The standard InChI is InChI=1S/C17H14S/c1-3-7-12(2)13-9-6-10-15-14-8-4-5-11-16(14)18-17(13)15/h3-11H,1H2,2H3. The number of rotatable bonds is 2. The minimum Gasteiger partial charge on any atom is -0.135 e. The van der Waals surface area contributed by atoms with E-state index in [0.717, 1.165) is 0 Å². The van der Waals surface area contributed by atoms with E-state index in [-0.39, 0.29) is 0 Å². The van der Waals surface area contributed by atoms with Crippen molar-refractivity contribution in [2.24, 2.45) is 0 Å². The molecule has 0 fully saturated rings. The fourth-order valence-electron chi connectivity index (χ4n) is 2.32. The van der Waals surface area contributed by atoms with Gasteiger partial charge in [-0.2, -0.15) is 0 Å². The zero-order valence-corrected chi connectivity index (χ0v) is 11.1. The van der Waals surface area contributed by atoms with Gasteiger partial charge in [0.2, 0.25) is 0 Å². The lowest BCUT2D eigenvalue weighted by Gasteiger charge is -2.02. The Morgan fingerprint density at radius 1 is 1.06 bits per heavy atom. The molecule has 0 bridgehead atoms. The predicted octanol–water partition coefficient (Wildman–Crippen LogP) is 5.64. The van der Waals surface area contributed by atoms with Gasteiger partial charge in [0.1, 0.15) is 0 Å². The van der Waals surface area contributed by atoms with Crippen LogP contribution in [0.15, 0.2) is 61.2 Å². The molecule has 0 radical (unpaired) electrons. The van der Waals surface area contributed by atoms with Gasteiger partial charge in [-0.3, -0.25) is 0 Å². The van der Waals surface area contributed by atoms with Crippen LogP contribution < -0.4 is 0 Å². The van der Waals surface area contributed by atoms with Crippen molar-refractivity contribution >= 4 is 37.1 Å². The van der Waals surface area contributed by atoms with Gasteiger partial charge in [-0.15, -0.1) is 11.3 Å². The molecule has 18 heavy (non-hydrogen) atoms. The lowest BCUT2D eigenvalue weighted by molar-refractivity contribution is 1.65. The number of allylic oxidation sites excluding steroid dienone is 3. The van der Waals surface area contributed by atoms with Crippen molar-refractivity contribution < 1.29 is 0 Å². The molecule has 0 atom stereocenters. The van der Waals surface area contributed by atoms with Crippen LogP contribution in [0.1, 0.15) is 12.5 Å². The van der Waals surface area contributed by atoms with Crippen LogP contribution >= 0.6 is 11.3 Å². The van der Waals surface area contributed by atoms with Crippen molar-refractivity contribution in [3.8, 4) is 0 Å². The van der Waals surface area contributed by atoms with Crippen LogP contribution in [0.25, 0.3) is 25.7 Å². The summed E-state index contributed by atoms with van der Waals surface area (Å²) >= 11 is 1.87. The van der Waals surface area contributed by atoms with Crippen molar-refractivity contribution in [3.05, 3.63) is 66.8 Å². The maximum absolute atomic E-state index is 3.78. The fraction of sp³-hybridized carbons (Fsp3) is 0.0588. The maximum Gasteiger partial charge on any atom is 0.0430 e. The second-order valence-corrected chi connectivity index (χ2v) is 5.42. The molecule has 0 saturated heterocycles. The summed E-state index contributed by atoms with van der Waals surface area (Å²) in [5.74, 6) is 0. The normalized spacial score (nSPS) is 12.2. The van der Waals surface area contributed by atoms with E-state index in [2.05, 4.69) is 62.0 Å². The molecule has 0 spiro atoms. The molecule has 2 aromatic carbocycles. The van der Waals surface area contributed by atoms with Gasteiger partial charge in [0, 0.05) is 20.2 Å². The van der Waals surface area contributed by atoms with Crippen LogP contribution in [0.4, 0.5) is 0 Å². The molecule has 0 N–H and O–H groups in total. The number of thiophene rings is 1. The first kappa shape index (κ1) is 11.2. The highest BCUT2D eigenvalue weighted by molar-refractivity contribution is 7.26. The Balaban J connectivity index is 2.41. The zero-order valence-electron chi connectivity index (χ0n) is 10.3. The summed E-state index contributed by atoms with van der Waals surface area (Å²) in [6.07, 6.45) is 3.92. The molecule has 0 aliphatic heterocycles. The van der Waals surface area contributed by atoms with E-state index in [1.165, 1.54) is 31.3 Å². The van der Waals surface area contributed by atoms with E-state index in [0.29, 0.717) is 0 Å². The molecule has 1 heteroatoms. The van der Waals surface area contributed by atoms with Gasteiger partial charge in [0.15, 0.2) is 0 Å². The topological polar surface area (TPSA) is 0 Å². The maximum atomic E-state index is 3.78. The molecule has 0 saturated carbocycles. The Morgan fingerprint density at radius 2 is 1.83 bits per heavy atom. The van der Waals surface area contributed by atoms with Crippen LogP contribution in [0, 0.1) is 0 Å². The van der Waals surface area contributed by atoms with Crippen LogP contribution in [-0.4, -0.2) is 0 Å². The molecule has 0 aliphatic rings. The highest BCUT2D eigenvalue weighted by Gasteiger charge is 2.08. The third kappa shape index (κ3) is 1.68. The summed E-state index contributed by atoms with van der Waals surface area (Å²) in [6.45, 7) is 5.92. The van der Waals surface area contributed by atoms with Gasteiger partial charge in [0.05, 0.1) is 0 Å². The average Bonchev–Trinajstić information content (AvgIpc) is 2.77. The average molecular weight is 250 g/mol. The van der Waals surface area contributed by atoms with Crippen molar-refractivity contribution in [3.63, 3.8) is 0 Å². The number of fused-ring (bicyclic) bond motifs is 3. The summed E-state index contributed by atoms with van der Waals surface area (Å²) in [4.78, 5) is 0. The van der Waals surface area contributed by atoms with Crippen LogP contribution in [-0.2, 0) is 0 Å². The van der Waals surface area contributed by atoms with Crippen LogP contribution in [0.3, 0.4) is 0 Å². The Morgan fingerprint density at radius 3 is 2.67 bits per heavy atom. The predicted molar refractivity (Wildman–Crippen MR) is 83.2 cm³/mol. The lowest BCUT2D eigenvalue weighted by Crippen LogP contribution is -1.78. The summed E-state index contributed by atoms with van der Waals surface area (Å²) in [5, 5.41) is 2.70. The molecule has 0 amide bonds. The number of hydrogen-bond acceptors (Lipinski definition) is 1. The largest absolute Gasteiger partial charge is 0.135 e. The zero-order chi connectivity index (χ0) is 12.5. The fourth-order valence-corrected chi connectivity index (χ4v) is 3.61. The Hall–Kier alpha value is -1.86. The first-order valence-electron chi connectivity index (χ1n) is 6.01. The first-order chi connectivity index (χ1) is 8.81. The second kappa shape index (κ2) is 4.43. The Labute approximate surface area is 111 Å². The molecular formula is C17H14S. The van der Waals surface area contributed by atoms with E-state index in [1.807, 2.05) is 17.4 Å². The van der Waals surface area contributed by atoms with Crippen LogP contribution in [0.5, 0.6) is 0 Å². The lowest BCUT2D eigenvalue weighted by atomic mass is 10.0. The van der Waals surface area contributed by atoms with E-state index in [4.69, 9.17) is 0 Å². The molecule has 0 nitrogen and oxygen atoms in total. The molecule has 0 aliphatic carbocycles. The van der Waals surface area contributed by atoms with E-state index < -0.39 is 0 Å². The summed E-state index contributed by atoms with van der Waals surface area (Å²) in [7, 11) is 0. The van der Waals surface area contributed by atoms with Crippen molar-refractivity contribution in [2.75, 3.05) is 0 Å². The van der Waals surface area contributed by atoms with Crippen molar-refractivity contribution in [1.82, 2.24) is 0 Å². The SMILES string of the molecule is C=CC=C(C)c1cccc2c1sc1ccccc12. The molecular weight excluding hydrogens is 236 g/mol. The molecule has 3 aromatic rings. The highest BCUT2D eigenvalue weighted by Crippen LogP contribution is 2.37. The quantitative estimate of drug-likeness (QED) is 0.516. The number of benzene rings is 2. The molecule has 3 rings (SSSR count). The smallest absolute Gasteiger partial charge is 0.0430 e. The molecule has 1 aromatic heterocycles. The molecule has 1 heterocycles.